The molecule has 11 heteroatoms. The lowest BCUT2D eigenvalue weighted by atomic mass is 9.78. The number of carbonyl (C=O) groups is 2. The highest BCUT2D eigenvalue weighted by Gasteiger charge is 2.29. The molecule has 0 aliphatic rings. The van der Waals surface area contributed by atoms with Crippen molar-refractivity contribution >= 4 is 35.1 Å². The number of phenols is 2. The summed E-state index contributed by atoms with van der Waals surface area (Å²) in [5, 5.41) is 33.4. The van der Waals surface area contributed by atoms with Crippen LogP contribution in [0.2, 0.25) is 0 Å². The Balaban J connectivity index is 0.000000435. The van der Waals surface area contributed by atoms with E-state index >= 15 is 0 Å². The second-order valence-corrected chi connectivity index (χ2v) is 17.6. The molecule has 4 rings (SSSR count). The quantitative estimate of drug-likeness (QED) is 0.125. The number of aromatic nitrogens is 2. The Morgan fingerprint density at radius 2 is 0.963 bits per heavy atom. The summed E-state index contributed by atoms with van der Waals surface area (Å²) in [4.78, 5) is 32.0. The van der Waals surface area contributed by atoms with Crippen LogP contribution in [0.25, 0.3) is 0 Å². The van der Waals surface area contributed by atoms with E-state index < -0.39 is 5.97 Å². The van der Waals surface area contributed by atoms with Crippen LogP contribution in [0, 0.1) is 0 Å². The van der Waals surface area contributed by atoms with Crippen molar-refractivity contribution in [2.45, 2.75) is 118 Å². The highest BCUT2D eigenvalue weighted by Crippen LogP contribution is 2.41. The molecule has 1 amide bonds. The minimum absolute atomic E-state index is 0.165. The maximum Gasteiger partial charge on any atom is 0.335 e. The Morgan fingerprint density at radius 1 is 0.630 bits per heavy atom. The van der Waals surface area contributed by atoms with E-state index in [-0.39, 0.29) is 50.0 Å². The van der Waals surface area contributed by atoms with Crippen molar-refractivity contribution in [3.8, 4) is 11.5 Å². The molecule has 0 saturated carbocycles. The van der Waals surface area contributed by atoms with Crippen LogP contribution in [0.3, 0.4) is 0 Å². The topological polar surface area (TPSA) is 159 Å². The number of aromatic hydroxyl groups is 2. The van der Waals surface area contributed by atoms with Crippen LogP contribution < -0.4 is 11.1 Å². The Bertz CT molecular complexity index is 1720. The highest BCUT2D eigenvalue weighted by atomic mass is 35.5. The van der Waals surface area contributed by atoms with Gasteiger partial charge in [0.1, 0.15) is 11.5 Å². The molecule has 0 aliphatic carbocycles. The first kappa shape index (κ1) is 47.8. The predicted octanol–water partition coefficient (Wildman–Crippen LogP) is 9.96. The summed E-state index contributed by atoms with van der Waals surface area (Å²) in [6, 6.07) is 18.0. The molecule has 0 unspecified atom stereocenters. The van der Waals surface area contributed by atoms with Crippen LogP contribution in [0.1, 0.15) is 137 Å². The van der Waals surface area contributed by atoms with E-state index in [1.807, 2.05) is 119 Å². The summed E-state index contributed by atoms with van der Waals surface area (Å²) in [7, 11) is 0. The smallest absolute Gasteiger partial charge is 0.335 e. The van der Waals surface area contributed by atoms with E-state index in [1.54, 1.807) is 36.7 Å². The standard InChI is InChI=1S/C21H28N2O2.C15H22O3.C6H8N2.CH2Cl2/c1-20(2,3)16-11-14(12-17(18(16)24)21(4,5)6)19(25)23-13-15-9-7-8-10-22-15;1-14(2,3)10-7-9(13(17)18)8-11(12(10)16)15(4,5)6;7-5-6-3-1-2-4-8-6;2-1-3/h7-12,24H,13H2,1-6H3,(H,23,25);7-8,16H,1-6H3,(H,17,18);1-4H,5,7H2;1H2. The SMILES string of the molecule is CC(C)(C)c1cc(C(=O)NCc2ccccn2)cc(C(C)(C)C)c1O.CC(C)(C)c1cc(C(=O)O)cc(C(C)(C)C)c1O.ClCCl.NCc1ccccn1. The number of pyridine rings is 2. The molecule has 6 N–H and O–H groups in total. The van der Waals surface area contributed by atoms with Crippen molar-refractivity contribution < 1.29 is 24.9 Å². The Labute approximate surface area is 332 Å². The number of rotatable bonds is 5. The van der Waals surface area contributed by atoms with Crippen molar-refractivity contribution in [1.82, 2.24) is 15.3 Å². The maximum absolute atomic E-state index is 12.7. The second-order valence-electron chi connectivity index (χ2n) is 16.8. The van der Waals surface area contributed by atoms with E-state index in [0.717, 1.165) is 22.5 Å². The largest absolute Gasteiger partial charge is 0.507 e. The number of benzene rings is 2. The van der Waals surface area contributed by atoms with Crippen LogP contribution in [0.5, 0.6) is 11.5 Å². The number of nitrogens with two attached hydrogens (primary N) is 1. The van der Waals surface area contributed by atoms with E-state index in [2.05, 4.69) is 15.3 Å². The zero-order chi connectivity index (χ0) is 41.7. The summed E-state index contributed by atoms with van der Waals surface area (Å²) in [6.45, 7) is 24.8. The zero-order valence-corrected chi connectivity index (χ0v) is 35.4. The van der Waals surface area contributed by atoms with Gasteiger partial charge in [-0.3, -0.25) is 14.8 Å². The molecular formula is C43H60Cl2N4O5. The number of hydrogen-bond acceptors (Lipinski definition) is 7. The third-order valence-electron chi connectivity index (χ3n) is 8.05. The lowest BCUT2D eigenvalue weighted by Crippen LogP contribution is -2.25. The molecule has 0 radical (unpaired) electrons. The fraction of sp³-hybridized carbons (Fsp3) is 0.442. The van der Waals surface area contributed by atoms with E-state index in [0.29, 0.717) is 29.8 Å². The molecule has 0 spiro atoms. The third kappa shape index (κ3) is 15.3. The number of alkyl halides is 2. The monoisotopic (exact) mass is 782 g/mol. The number of amides is 1. The van der Waals surface area contributed by atoms with E-state index in [9.17, 15) is 24.9 Å². The molecule has 4 aromatic rings. The van der Waals surface area contributed by atoms with E-state index in [1.165, 1.54) is 0 Å². The molecule has 0 saturated heterocycles. The molecule has 0 bridgehead atoms. The number of carboxylic acid groups (broad SMARTS) is 1. The Morgan fingerprint density at radius 3 is 1.22 bits per heavy atom. The summed E-state index contributed by atoms with van der Waals surface area (Å²) in [5.74, 6) is -0.645. The maximum atomic E-state index is 12.7. The van der Waals surface area contributed by atoms with Crippen LogP contribution in [-0.4, -0.2) is 42.5 Å². The van der Waals surface area contributed by atoms with Crippen LogP contribution in [0.15, 0.2) is 73.1 Å². The summed E-state index contributed by atoms with van der Waals surface area (Å²) in [5.41, 5.74) is 9.61. The Hall–Kier alpha value is -4.18. The molecule has 0 aliphatic heterocycles. The predicted molar refractivity (Wildman–Crippen MR) is 222 cm³/mol. The summed E-state index contributed by atoms with van der Waals surface area (Å²) < 4.78 is 0. The average molecular weight is 784 g/mol. The number of aromatic carboxylic acids is 1. The Kier molecular flexibility index (Phi) is 18.1. The number of hydrogen-bond donors (Lipinski definition) is 5. The first-order chi connectivity index (χ1) is 24.8. The summed E-state index contributed by atoms with van der Waals surface area (Å²) in [6.07, 6.45) is 3.44. The second kappa shape index (κ2) is 20.5. The number of halogens is 2. The molecule has 2 aromatic heterocycles. The fourth-order valence-corrected chi connectivity index (χ4v) is 5.10. The van der Waals surface area contributed by atoms with Gasteiger partial charge in [0, 0.05) is 46.8 Å². The minimum Gasteiger partial charge on any atom is -0.507 e. The van der Waals surface area contributed by atoms with E-state index in [4.69, 9.17) is 28.9 Å². The van der Waals surface area contributed by atoms with Gasteiger partial charge < -0.3 is 26.4 Å². The molecule has 0 atom stereocenters. The molecule has 9 nitrogen and oxygen atoms in total. The van der Waals surface area contributed by atoms with Gasteiger partial charge in [0.05, 0.1) is 28.8 Å². The fourth-order valence-electron chi connectivity index (χ4n) is 5.10. The molecule has 0 fully saturated rings. The van der Waals surface area contributed by atoms with Crippen LogP contribution in [0.4, 0.5) is 0 Å². The third-order valence-corrected chi connectivity index (χ3v) is 8.05. The van der Waals surface area contributed by atoms with Gasteiger partial charge in [-0.15, -0.1) is 23.2 Å². The van der Waals surface area contributed by atoms with Gasteiger partial charge in [0.25, 0.3) is 5.91 Å². The van der Waals surface area contributed by atoms with Gasteiger partial charge in [-0.2, -0.15) is 0 Å². The normalized spacial score (nSPS) is 11.5. The number of carboxylic acids is 1. The van der Waals surface area contributed by atoms with Gasteiger partial charge in [0.15, 0.2) is 0 Å². The molecule has 54 heavy (non-hydrogen) atoms. The van der Waals surface area contributed by atoms with Crippen molar-refractivity contribution in [2.75, 3.05) is 5.34 Å². The lowest BCUT2D eigenvalue weighted by Gasteiger charge is -2.28. The number of nitrogens with one attached hydrogen (secondary N) is 1. The zero-order valence-electron chi connectivity index (χ0n) is 33.9. The van der Waals surface area contributed by atoms with Crippen molar-refractivity contribution in [3.05, 3.63) is 118 Å². The number of carbonyl (C=O) groups excluding carboxylic acids is 1. The van der Waals surface area contributed by atoms with Gasteiger partial charge >= 0.3 is 5.97 Å². The van der Waals surface area contributed by atoms with Crippen molar-refractivity contribution in [1.29, 1.82) is 0 Å². The van der Waals surface area contributed by atoms with Gasteiger partial charge in [-0.25, -0.2) is 4.79 Å². The molecule has 2 heterocycles. The average Bonchev–Trinajstić information content (AvgIpc) is 3.07. The number of nitrogens with zero attached hydrogens (tertiary/aromatic N) is 2. The number of phenolic OH excluding ortho intramolecular Hbond substituents is 2. The van der Waals surface area contributed by atoms with Gasteiger partial charge in [0.2, 0.25) is 0 Å². The van der Waals surface area contributed by atoms with Crippen LogP contribution in [-0.2, 0) is 34.7 Å². The van der Waals surface area contributed by atoms with Gasteiger partial charge in [-0.1, -0.05) is 95.2 Å². The first-order valence-electron chi connectivity index (χ1n) is 17.7. The first-order valence-corrected chi connectivity index (χ1v) is 18.8. The highest BCUT2D eigenvalue weighted by molar-refractivity contribution is 6.40. The van der Waals surface area contributed by atoms with Crippen LogP contribution >= 0.6 is 23.2 Å². The van der Waals surface area contributed by atoms with Gasteiger partial charge in [-0.05, 0) is 70.2 Å². The lowest BCUT2D eigenvalue weighted by molar-refractivity contribution is 0.0696. The molecular weight excluding hydrogens is 723 g/mol. The van der Waals surface area contributed by atoms with Crippen molar-refractivity contribution in [2.24, 2.45) is 5.73 Å². The van der Waals surface area contributed by atoms with Crippen molar-refractivity contribution in [3.63, 3.8) is 0 Å². The molecule has 296 valence electrons. The minimum atomic E-state index is -0.967. The molecule has 2 aromatic carbocycles. The summed E-state index contributed by atoms with van der Waals surface area (Å²) >= 11 is 9.53.